The summed E-state index contributed by atoms with van der Waals surface area (Å²) >= 11 is -2.79. The molecule has 4 heteroatoms. The summed E-state index contributed by atoms with van der Waals surface area (Å²) in [5.74, 6) is 0. The second-order valence-electron chi connectivity index (χ2n) is 6.83. The first-order chi connectivity index (χ1) is 6.79. The maximum atomic E-state index is 5.95. The molecule has 98 valence electrons. The standard InChI is InChI=1S/3C4H9O.Bi/c3*1-4(2,3)5;/h3*1-3H3;/q3*-1;+3. The van der Waals surface area contributed by atoms with Crippen molar-refractivity contribution >= 4 is 23.1 Å². The zero-order valence-corrected chi connectivity index (χ0v) is 15.6. The number of hydrogen-bond acceptors (Lipinski definition) is 3. The van der Waals surface area contributed by atoms with Crippen molar-refractivity contribution in [2.45, 2.75) is 79.1 Å². The summed E-state index contributed by atoms with van der Waals surface area (Å²) in [7, 11) is 0. The van der Waals surface area contributed by atoms with E-state index in [4.69, 9.17) is 8.44 Å². The number of hydrogen-bond donors (Lipinski definition) is 0. The van der Waals surface area contributed by atoms with Crippen LogP contribution in [0.2, 0.25) is 0 Å². The van der Waals surface area contributed by atoms with Crippen LogP contribution in [0.1, 0.15) is 62.3 Å². The average Bonchev–Trinajstić information content (AvgIpc) is 1.70. The quantitative estimate of drug-likeness (QED) is 0.645. The van der Waals surface area contributed by atoms with Crippen molar-refractivity contribution in [2.24, 2.45) is 0 Å². The molecule has 0 saturated carbocycles. The average molecular weight is 428 g/mol. The summed E-state index contributed by atoms with van der Waals surface area (Å²) in [6, 6.07) is 0. The molecule has 3 nitrogen and oxygen atoms in total. The van der Waals surface area contributed by atoms with Gasteiger partial charge in [0.05, 0.1) is 0 Å². The van der Waals surface area contributed by atoms with E-state index in [1.807, 2.05) is 62.3 Å². The minimum atomic E-state index is -2.79. The van der Waals surface area contributed by atoms with E-state index >= 15 is 0 Å². The predicted molar refractivity (Wildman–Crippen MR) is 68.3 cm³/mol. The van der Waals surface area contributed by atoms with E-state index in [1.54, 1.807) is 0 Å². The van der Waals surface area contributed by atoms with E-state index in [0.717, 1.165) is 0 Å². The summed E-state index contributed by atoms with van der Waals surface area (Å²) in [4.78, 5) is 0. The van der Waals surface area contributed by atoms with Gasteiger partial charge in [-0.1, -0.05) is 0 Å². The zero-order chi connectivity index (χ0) is 13.2. The van der Waals surface area contributed by atoms with Gasteiger partial charge in [0.1, 0.15) is 0 Å². The third-order valence-corrected chi connectivity index (χ3v) is 9.17. The Bertz CT molecular complexity index is 170. The van der Waals surface area contributed by atoms with Crippen LogP contribution in [0, 0.1) is 0 Å². The third-order valence-electron chi connectivity index (χ3n) is 1.05. The molecule has 0 aliphatic heterocycles. The molecule has 0 aromatic rings. The molecule has 0 spiro atoms. The molecule has 0 N–H and O–H groups in total. The molecule has 0 bridgehead atoms. The van der Waals surface area contributed by atoms with Crippen molar-refractivity contribution in [3.05, 3.63) is 0 Å². The van der Waals surface area contributed by atoms with Gasteiger partial charge in [0.15, 0.2) is 0 Å². The van der Waals surface area contributed by atoms with Crippen LogP contribution in [0.5, 0.6) is 0 Å². The molecular formula is C12H27BiO3. The molecule has 0 saturated heterocycles. The first kappa shape index (κ1) is 16.8. The molecule has 0 unspecified atom stereocenters. The third kappa shape index (κ3) is 11.3. The van der Waals surface area contributed by atoms with Crippen molar-refractivity contribution in [2.75, 3.05) is 0 Å². The molecule has 0 fully saturated rings. The van der Waals surface area contributed by atoms with E-state index in [9.17, 15) is 0 Å². The zero-order valence-electron chi connectivity index (χ0n) is 12.2. The Kier molecular flexibility index (Phi) is 5.87. The monoisotopic (exact) mass is 428 g/mol. The van der Waals surface area contributed by atoms with Gasteiger partial charge in [-0.3, -0.25) is 0 Å². The Labute approximate surface area is 110 Å². The summed E-state index contributed by atoms with van der Waals surface area (Å²) in [6.45, 7) is 18.3. The molecule has 0 aromatic heterocycles. The molecule has 0 radical (unpaired) electrons. The SMILES string of the molecule is CC(C)(C)[O][Bi]([O]C(C)(C)C)[O]C(C)(C)C. The summed E-state index contributed by atoms with van der Waals surface area (Å²) in [6.07, 6.45) is 0. The van der Waals surface area contributed by atoms with Crippen LogP contribution in [-0.4, -0.2) is 39.9 Å². The fraction of sp³-hybridized carbons (Fsp3) is 1.00. The molecular weight excluding hydrogens is 401 g/mol. The summed E-state index contributed by atoms with van der Waals surface area (Å²) in [5.41, 5.74) is -0.600. The van der Waals surface area contributed by atoms with Crippen LogP contribution >= 0.6 is 0 Å². The van der Waals surface area contributed by atoms with Gasteiger partial charge in [-0.05, 0) is 0 Å². The molecule has 0 amide bonds. The number of rotatable bonds is 3. The summed E-state index contributed by atoms with van der Waals surface area (Å²) in [5, 5.41) is 0. The molecule has 0 heterocycles. The van der Waals surface area contributed by atoms with Crippen LogP contribution in [0.4, 0.5) is 0 Å². The van der Waals surface area contributed by atoms with E-state index in [-0.39, 0.29) is 16.8 Å². The minimum absolute atomic E-state index is 0.200. The van der Waals surface area contributed by atoms with Crippen LogP contribution in [0.15, 0.2) is 0 Å². The second kappa shape index (κ2) is 5.60. The molecule has 0 aromatic carbocycles. The van der Waals surface area contributed by atoms with Crippen molar-refractivity contribution in [3.8, 4) is 0 Å². The predicted octanol–water partition coefficient (Wildman–Crippen LogP) is 3.42. The van der Waals surface area contributed by atoms with Gasteiger partial charge in [0, 0.05) is 0 Å². The summed E-state index contributed by atoms with van der Waals surface area (Å²) < 4.78 is 17.8. The molecule has 0 atom stereocenters. The van der Waals surface area contributed by atoms with E-state index < -0.39 is 23.1 Å². The van der Waals surface area contributed by atoms with Gasteiger partial charge in [0.2, 0.25) is 0 Å². The Balaban J connectivity index is 4.53. The van der Waals surface area contributed by atoms with Crippen LogP contribution in [-0.2, 0) is 8.44 Å². The topological polar surface area (TPSA) is 27.7 Å². The molecule has 0 aliphatic rings. The van der Waals surface area contributed by atoms with Gasteiger partial charge in [-0.2, -0.15) is 0 Å². The van der Waals surface area contributed by atoms with Gasteiger partial charge in [0.25, 0.3) is 0 Å². The van der Waals surface area contributed by atoms with Crippen molar-refractivity contribution < 1.29 is 8.44 Å². The Morgan fingerprint density at radius 2 is 0.688 bits per heavy atom. The first-order valence-electron chi connectivity index (χ1n) is 5.66. The van der Waals surface area contributed by atoms with E-state index in [0.29, 0.717) is 0 Å². The fourth-order valence-electron chi connectivity index (χ4n) is 0.727. The molecule has 0 aliphatic carbocycles. The Hall–Kier alpha value is 0.763. The van der Waals surface area contributed by atoms with Gasteiger partial charge < -0.3 is 0 Å². The van der Waals surface area contributed by atoms with E-state index in [2.05, 4.69) is 0 Å². The van der Waals surface area contributed by atoms with Gasteiger partial charge >= 0.3 is 111 Å². The fourth-order valence-corrected chi connectivity index (χ4v) is 6.38. The van der Waals surface area contributed by atoms with Gasteiger partial charge in [-0.15, -0.1) is 0 Å². The van der Waals surface area contributed by atoms with E-state index in [1.165, 1.54) is 0 Å². The van der Waals surface area contributed by atoms with Crippen molar-refractivity contribution in [3.63, 3.8) is 0 Å². The van der Waals surface area contributed by atoms with Crippen LogP contribution in [0.25, 0.3) is 0 Å². The van der Waals surface area contributed by atoms with Crippen molar-refractivity contribution in [1.82, 2.24) is 0 Å². The second-order valence-corrected chi connectivity index (χ2v) is 10.7. The van der Waals surface area contributed by atoms with Crippen LogP contribution < -0.4 is 0 Å². The Morgan fingerprint density at radius 1 is 0.500 bits per heavy atom. The molecule has 0 rings (SSSR count). The maximum absolute atomic E-state index is 5.95. The molecule has 16 heavy (non-hydrogen) atoms. The van der Waals surface area contributed by atoms with Crippen LogP contribution in [0.3, 0.4) is 0 Å². The Morgan fingerprint density at radius 3 is 0.812 bits per heavy atom. The van der Waals surface area contributed by atoms with Crippen molar-refractivity contribution in [1.29, 1.82) is 0 Å². The first-order valence-corrected chi connectivity index (χ1v) is 9.92. The normalized spacial score (nSPS) is 14.6. The van der Waals surface area contributed by atoms with Gasteiger partial charge in [-0.25, -0.2) is 0 Å².